The van der Waals surface area contributed by atoms with Gasteiger partial charge >= 0.3 is 0 Å². The van der Waals surface area contributed by atoms with E-state index in [0.717, 1.165) is 22.9 Å². The highest BCUT2D eigenvalue weighted by Crippen LogP contribution is 2.36. The van der Waals surface area contributed by atoms with Gasteiger partial charge in [0.15, 0.2) is 23.0 Å². The number of hydrogen-bond donors (Lipinski definition) is 1. The average Bonchev–Trinajstić information content (AvgIpc) is 2.78. The van der Waals surface area contributed by atoms with E-state index in [1.54, 1.807) is 24.4 Å². The van der Waals surface area contributed by atoms with Gasteiger partial charge in [0.2, 0.25) is 0 Å². The first-order valence-corrected chi connectivity index (χ1v) is 11.6. The van der Waals surface area contributed by atoms with E-state index < -0.39 is 0 Å². The third-order valence-electron chi connectivity index (χ3n) is 4.13. The van der Waals surface area contributed by atoms with Gasteiger partial charge in [0.05, 0.1) is 37.1 Å². The Kier molecular flexibility index (Phi) is 10.9. The number of nitrogens with one attached hydrogen (secondary N) is 1. The normalized spacial score (nSPS) is 10.8. The number of carbonyl (C=O) groups is 1. The molecule has 0 fully saturated rings. The molecule has 174 valence electrons. The van der Waals surface area contributed by atoms with E-state index in [-0.39, 0.29) is 5.91 Å². The molecule has 8 heteroatoms. The van der Waals surface area contributed by atoms with E-state index in [4.69, 9.17) is 18.9 Å². The second-order valence-electron chi connectivity index (χ2n) is 6.75. The van der Waals surface area contributed by atoms with Crippen molar-refractivity contribution in [2.45, 2.75) is 40.5 Å². The summed E-state index contributed by atoms with van der Waals surface area (Å²) in [7, 11) is 0. The fourth-order valence-electron chi connectivity index (χ4n) is 2.75. The molecule has 0 aliphatic rings. The first-order chi connectivity index (χ1) is 15.5. The number of nitrogens with zero attached hydrogens (tertiary/aromatic N) is 1. The van der Waals surface area contributed by atoms with Crippen molar-refractivity contribution >= 4 is 28.1 Å². The molecule has 0 atom stereocenters. The molecule has 0 saturated carbocycles. The molecule has 0 unspecified atom stereocenters. The van der Waals surface area contributed by atoms with Crippen molar-refractivity contribution < 1.29 is 23.7 Å². The van der Waals surface area contributed by atoms with Crippen molar-refractivity contribution in [2.24, 2.45) is 5.10 Å². The smallest absolute Gasteiger partial charge is 0.271 e. The Morgan fingerprint density at radius 1 is 0.906 bits per heavy atom. The summed E-state index contributed by atoms with van der Waals surface area (Å²) in [5.74, 6) is 2.07. The van der Waals surface area contributed by atoms with Gasteiger partial charge in [-0.3, -0.25) is 4.79 Å². The molecule has 0 aromatic heterocycles. The van der Waals surface area contributed by atoms with Crippen LogP contribution in [-0.4, -0.2) is 38.5 Å². The minimum Gasteiger partial charge on any atom is -0.490 e. The summed E-state index contributed by atoms with van der Waals surface area (Å²) in [6, 6.07) is 8.75. The van der Waals surface area contributed by atoms with Gasteiger partial charge in [-0.05, 0) is 78.5 Å². The van der Waals surface area contributed by atoms with Gasteiger partial charge in [-0.25, -0.2) is 5.43 Å². The molecule has 0 aliphatic heterocycles. The van der Waals surface area contributed by atoms with Gasteiger partial charge in [-0.2, -0.15) is 5.10 Å². The molecule has 2 aromatic rings. The first-order valence-electron chi connectivity index (χ1n) is 10.9. The lowest BCUT2D eigenvalue weighted by molar-refractivity contribution is 0.0954. The van der Waals surface area contributed by atoms with Crippen LogP contribution in [0.3, 0.4) is 0 Å². The van der Waals surface area contributed by atoms with Crippen LogP contribution in [0.5, 0.6) is 23.0 Å². The molecule has 2 rings (SSSR count). The van der Waals surface area contributed by atoms with Crippen molar-refractivity contribution in [1.82, 2.24) is 5.43 Å². The van der Waals surface area contributed by atoms with E-state index in [9.17, 15) is 4.79 Å². The average molecular weight is 507 g/mol. The second kappa shape index (κ2) is 13.6. The van der Waals surface area contributed by atoms with Crippen LogP contribution < -0.4 is 24.4 Å². The van der Waals surface area contributed by atoms with Gasteiger partial charge in [-0.15, -0.1) is 0 Å². The van der Waals surface area contributed by atoms with E-state index in [2.05, 4.69) is 26.5 Å². The van der Waals surface area contributed by atoms with Gasteiger partial charge in [0.25, 0.3) is 5.91 Å². The number of hydrogen-bond acceptors (Lipinski definition) is 6. The van der Waals surface area contributed by atoms with Gasteiger partial charge in [0, 0.05) is 5.56 Å². The van der Waals surface area contributed by atoms with Crippen LogP contribution in [0.25, 0.3) is 0 Å². The number of amides is 1. The lowest BCUT2D eigenvalue weighted by Gasteiger charge is -2.14. The summed E-state index contributed by atoms with van der Waals surface area (Å²) in [4.78, 5) is 12.6. The Morgan fingerprint density at radius 2 is 1.59 bits per heavy atom. The SMILES string of the molecule is CCCOc1ccc(C(=O)N/N=C/c2cc(Br)c(OCCC)c(OCC)c2)cc1OCC. The fourth-order valence-corrected chi connectivity index (χ4v) is 3.32. The summed E-state index contributed by atoms with van der Waals surface area (Å²) < 4.78 is 23.5. The molecule has 0 saturated heterocycles. The number of rotatable bonds is 13. The lowest BCUT2D eigenvalue weighted by atomic mass is 10.2. The number of hydrazone groups is 1. The Hall–Kier alpha value is -2.74. The maximum absolute atomic E-state index is 12.6. The predicted molar refractivity (Wildman–Crippen MR) is 130 cm³/mol. The van der Waals surface area contributed by atoms with E-state index in [0.29, 0.717) is 55.0 Å². The van der Waals surface area contributed by atoms with Crippen molar-refractivity contribution in [1.29, 1.82) is 0 Å². The number of halogens is 1. The Morgan fingerprint density at radius 3 is 2.28 bits per heavy atom. The van der Waals surface area contributed by atoms with Crippen molar-refractivity contribution in [2.75, 3.05) is 26.4 Å². The summed E-state index contributed by atoms with van der Waals surface area (Å²) in [6.45, 7) is 10.0. The van der Waals surface area contributed by atoms with Crippen LogP contribution in [0, 0.1) is 0 Å². The third-order valence-corrected chi connectivity index (χ3v) is 4.72. The third kappa shape index (κ3) is 7.44. The lowest BCUT2D eigenvalue weighted by Crippen LogP contribution is -2.17. The van der Waals surface area contributed by atoms with Crippen LogP contribution in [0.4, 0.5) is 0 Å². The fraction of sp³-hybridized carbons (Fsp3) is 0.417. The summed E-state index contributed by atoms with van der Waals surface area (Å²) >= 11 is 3.52. The van der Waals surface area contributed by atoms with Gasteiger partial charge < -0.3 is 18.9 Å². The molecule has 32 heavy (non-hydrogen) atoms. The van der Waals surface area contributed by atoms with E-state index in [1.807, 2.05) is 39.8 Å². The van der Waals surface area contributed by atoms with Crippen molar-refractivity contribution in [3.05, 3.63) is 45.9 Å². The molecular formula is C24H31BrN2O5. The Labute approximate surface area is 198 Å². The highest BCUT2D eigenvalue weighted by Gasteiger charge is 2.13. The van der Waals surface area contributed by atoms with Crippen molar-refractivity contribution in [3.8, 4) is 23.0 Å². The quantitative estimate of drug-likeness (QED) is 0.283. The second-order valence-corrected chi connectivity index (χ2v) is 7.61. The molecule has 0 heterocycles. The highest BCUT2D eigenvalue weighted by molar-refractivity contribution is 9.10. The van der Waals surface area contributed by atoms with Crippen LogP contribution in [-0.2, 0) is 0 Å². The summed E-state index contributed by atoms with van der Waals surface area (Å²) in [5.41, 5.74) is 3.72. The van der Waals surface area contributed by atoms with Crippen LogP contribution in [0.2, 0.25) is 0 Å². The van der Waals surface area contributed by atoms with Gasteiger partial charge in [-0.1, -0.05) is 13.8 Å². The van der Waals surface area contributed by atoms with Crippen LogP contribution >= 0.6 is 15.9 Å². The summed E-state index contributed by atoms with van der Waals surface area (Å²) in [6.07, 6.45) is 3.33. The zero-order chi connectivity index (χ0) is 23.3. The van der Waals surface area contributed by atoms with Crippen LogP contribution in [0.15, 0.2) is 39.9 Å². The number of benzene rings is 2. The Bertz CT molecular complexity index is 918. The minimum absolute atomic E-state index is 0.351. The molecule has 0 spiro atoms. The molecule has 1 amide bonds. The van der Waals surface area contributed by atoms with Crippen molar-refractivity contribution in [3.63, 3.8) is 0 Å². The first kappa shape index (κ1) is 25.5. The molecule has 1 N–H and O–H groups in total. The standard InChI is InChI=1S/C24H31BrN2O5/c1-5-11-31-20-10-9-18(15-21(20)29-7-3)24(28)27-26-16-17-13-19(25)23(32-12-6-2)22(14-17)30-8-4/h9-10,13-16H,5-8,11-12H2,1-4H3,(H,27,28)/b26-16+. The highest BCUT2D eigenvalue weighted by atomic mass is 79.9. The van der Waals surface area contributed by atoms with Gasteiger partial charge in [0.1, 0.15) is 0 Å². The number of carbonyl (C=O) groups excluding carboxylic acids is 1. The zero-order valence-electron chi connectivity index (χ0n) is 19.1. The topological polar surface area (TPSA) is 78.4 Å². The molecule has 2 aromatic carbocycles. The zero-order valence-corrected chi connectivity index (χ0v) is 20.7. The molecule has 0 bridgehead atoms. The molecule has 7 nitrogen and oxygen atoms in total. The van der Waals surface area contributed by atoms with E-state index >= 15 is 0 Å². The molecule has 0 radical (unpaired) electrons. The van der Waals surface area contributed by atoms with Crippen LogP contribution in [0.1, 0.15) is 56.5 Å². The Balaban J connectivity index is 2.13. The summed E-state index contributed by atoms with van der Waals surface area (Å²) in [5, 5.41) is 4.09. The van der Waals surface area contributed by atoms with E-state index in [1.165, 1.54) is 0 Å². The molecular weight excluding hydrogens is 476 g/mol. The molecule has 0 aliphatic carbocycles. The number of ether oxygens (including phenoxy) is 4. The largest absolute Gasteiger partial charge is 0.490 e. The minimum atomic E-state index is -0.351. The monoisotopic (exact) mass is 506 g/mol. The maximum Gasteiger partial charge on any atom is 0.271 e. The predicted octanol–water partition coefficient (Wildman–Crippen LogP) is 5.59. The maximum atomic E-state index is 12.6.